The number of phenols is 1. The normalized spacial score (nSPS) is 11.5. The molecule has 0 bridgehead atoms. The van der Waals surface area contributed by atoms with Gasteiger partial charge in [0.15, 0.2) is 0 Å². The van der Waals surface area contributed by atoms with Crippen LogP contribution in [0.2, 0.25) is 0 Å². The molecule has 2 heterocycles. The predicted octanol–water partition coefficient (Wildman–Crippen LogP) is 3.03. The molecule has 0 aliphatic carbocycles. The highest BCUT2D eigenvalue weighted by molar-refractivity contribution is 5.90. The summed E-state index contributed by atoms with van der Waals surface area (Å²) < 4.78 is 16.2. The molecule has 2 aromatic heterocycles. The van der Waals surface area contributed by atoms with Gasteiger partial charge in [-0.05, 0) is 50.3 Å². The highest BCUT2D eigenvalue weighted by atomic mass is 19.1. The molecule has 0 saturated carbocycles. The van der Waals surface area contributed by atoms with Crippen molar-refractivity contribution in [3.8, 4) is 5.75 Å². The Morgan fingerprint density at radius 3 is 2.74 bits per heavy atom. The van der Waals surface area contributed by atoms with E-state index in [0.717, 1.165) is 24.2 Å². The summed E-state index contributed by atoms with van der Waals surface area (Å²) in [6.45, 7) is 1.30. The van der Waals surface area contributed by atoms with E-state index in [4.69, 9.17) is 0 Å². The van der Waals surface area contributed by atoms with Gasteiger partial charge in [0.2, 0.25) is 0 Å². The van der Waals surface area contributed by atoms with Crippen molar-refractivity contribution in [3.05, 3.63) is 59.8 Å². The molecule has 0 spiro atoms. The lowest BCUT2D eigenvalue weighted by molar-refractivity contribution is 0.413. The number of aromatic hydroxyl groups is 1. The number of likely N-dealkylation sites (N-methyl/N-ethyl adjacent to an activating group) is 1. The summed E-state index contributed by atoms with van der Waals surface area (Å²) in [5.74, 6) is -0.209. The van der Waals surface area contributed by atoms with Crippen LogP contribution in [0, 0.1) is 5.82 Å². The fraction of sp³-hybridized carbons (Fsp3) is 0.278. The van der Waals surface area contributed by atoms with Crippen molar-refractivity contribution in [1.29, 1.82) is 0 Å². The summed E-state index contributed by atoms with van der Waals surface area (Å²) in [6.07, 6.45) is 4.39. The summed E-state index contributed by atoms with van der Waals surface area (Å²) in [4.78, 5) is 6.37. The third-order valence-corrected chi connectivity index (χ3v) is 3.91. The van der Waals surface area contributed by atoms with Gasteiger partial charge in [-0.3, -0.25) is 4.98 Å². The van der Waals surface area contributed by atoms with Gasteiger partial charge in [0, 0.05) is 24.3 Å². The maximum absolute atomic E-state index is 14.4. The molecule has 0 saturated heterocycles. The fourth-order valence-electron chi connectivity index (χ4n) is 2.79. The molecule has 5 heteroatoms. The first-order chi connectivity index (χ1) is 11.1. The van der Waals surface area contributed by atoms with Crippen molar-refractivity contribution in [2.24, 2.45) is 0 Å². The van der Waals surface area contributed by atoms with Gasteiger partial charge >= 0.3 is 0 Å². The molecule has 4 nitrogen and oxygen atoms in total. The smallest absolute Gasteiger partial charge is 0.147 e. The number of nitrogens with zero attached hydrogens (tertiary/aromatic N) is 3. The van der Waals surface area contributed by atoms with Crippen LogP contribution in [-0.4, -0.2) is 40.2 Å². The summed E-state index contributed by atoms with van der Waals surface area (Å²) >= 11 is 0. The highest BCUT2D eigenvalue weighted by Gasteiger charge is 2.16. The van der Waals surface area contributed by atoms with Crippen molar-refractivity contribution in [3.63, 3.8) is 0 Å². The fourth-order valence-corrected chi connectivity index (χ4v) is 2.79. The quantitative estimate of drug-likeness (QED) is 0.787. The number of rotatable bonds is 5. The monoisotopic (exact) mass is 313 g/mol. The largest absolute Gasteiger partial charge is 0.507 e. The first kappa shape index (κ1) is 15.5. The summed E-state index contributed by atoms with van der Waals surface area (Å²) in [5.41, 5.74) is 2.23. The highest BCUT2D eigenvalue weighted by Crippen LogP contribution is 2.32. The average molecular weight is 313 g/mol. The van der Waals surface area contributed by atoms with Crippen LogP contribution in [0.25, 0.3) is 10.9 Å². The molecule has 1 aromatic carbocycles. The zero-order valence-corrected chi connectivity index (χ0v) is 13.3. The van der Waals surface area contributed by atoms with Crippen LogP contribution in [0.1, 0.15) is 11.3 Å². The predicted molar refractivity (Wildman–Crippen MR) is 89.2 cm³/mol. The molecule has 23 heavy (non-hydrogen) atoms. The average Bonchev–Trinajstić information content (AvgIpc) is 2.90. The van der Waals surface area contributed by atoms with Gasteiger partial charge < -0.3 is 14.6 Å². The zero-order valence-electron chi connectivity index (χ0n) is 13.3. The maximum atomic E-state index is 14.4. The van der Waals surface area contributed by atoms with Crippen LogP contribution in [0.4, 0.5) is 4.39 Å². The number of benzene rings is 1. The second-order valence-electron chi connectivity index (χ2n) is 5.95. The van der Waals surface area contributed by atoms with Gasteiger partial charge in [0.25, 0.3) is 0 Å². The van der Waals surface area contributed by atoms with Crippen molar-refractivity contribution in [2.45, 2.75) is 13.0 Å². The number of aromatic nitrogens is 2. The number of hydrogen-bond acceptors (Lipinski definition) is 3. The van der Waals surface area contributed by atoms with Gasteiger partial charge in [-0.1, -0.05) is 6.07 Å². The Bertz CT molecular complexity index is 812. The van der Waals surface area contributed by atoms with Crippen molar-refractivity contribution < 1.29 is 9.50 Å². The molecule has 0 atom stereocenters. The van der Waals surface area contributed by atoms with Crippen LogP contribution >= 0.6 is 0 Å². The molecule has 0 aliphatic rings. The van der Waals surface area contributed by atoms with Crippen LogP contribution in [0.3, 0.4) is 0 Å². The molecule has 1 N–H and O–H groups in total. The molecule has 0 radical (unpaired) electrons. The molecular formula is C18H20FN3O. The van der Waals surface area contributed by atoms with E-state index in [1.54, 1.807) is 6.20 Å². The number of pyridine rings is 1. The minimum atomic E-state index is -0.329. The van der Waals surface area contributed by atoms with Crippen LogP contribution in [-0.2, 0) is 13.0 Å². The van der Waals surface area contributed by atoms with Crippen molar-refractivity contribution >= 4 is 10.9 Å². The van der Waals surface area contributed by atoms with E-state index in [0.29, 0.717) is 17.4 Å². The number of halogens is 1. The van der Waals surface area contributed by atoms with E-state index in [-0.39, 0.29) is 11.6 Å². The molecule has 3 aromatic rings. The van der Waals surface area contributed by atoms with Gasteiger partial charge in [0.1, 0.15) is 11.6 Å². The van der Waals surface area contributed by atoms with Crippen molar-refractivity contribution in [2.75, 3.05) is 20.6 Å². The van der Waals surface area contributed by atoms with E-state index in [1.807, 2.05) is 43.1 Å². The zero-order chi connectivity index (χ0) is 16.4. The Morgan fingerprint density at radius 1 is 1.22 bits per heavy atom. The summed E-state index contributed by atoms with van der Waals surface area (Å²) in [7, 11) is 3.99. The molecule has 3 rings (SSSR count). The Kier molecular flexibility index (Phi) is 4.30. The molecule has 0 aliphatic heterocycles. The third-order valence-electron chi connectivity index (χ3n) is 3.91. The lowest BCUT2D eigenvalue weighted by atomic mass is 10.1. The van der Waals surface area contributed by atoms with Gasteiger partial charge in [-0.2, -0.15) is 0 Å². The van der Waals surface area contributed by atoms with Gasteiger partial charge in [0.05, 0.1) is 17.8 Å². The van der Waals surface area contributed by atoms with Crippen LogP contribution < -0.4 is 0 Å². The Morgan fingerprint density at radius 2 is 2.04 bits per heavy atom. The van der Waals surface area contributed by atoms with E-state index in [9.17, 15) is 9.50 Å². The van der Waals surface area contributed by atoms with Gasteiger partial charge in [-0.25, -0.2) is 4.39 Å². The Balaban J connectivity index is 2.08. The molecule has 0 fully saturated rings. The standard InChI is InChI=1S/C18H20FN3O/c1-21(2)10-8-13-11-22(12-14-5-3-4-9-20-14)18-15(19)6-7-16(23)17(13)18/h3-7,9,11,23H,8,10,12H2,1-2H3. The first-order valence-corrected chi connectivity index (χ1v) is 7.60. The SMILES string of the molecule is CN(C)CCc1cn(Cc2ccccn2)c2c(F)ccc(O)c12. The molecular weight excluding hydrogens is 293 g/mol. The Labute approximate surface area is 134 Å². The lowest BCUT2D eigenvalue weighted by Gasteiger charge is -2.08. The number of hydrogen-bond donors (Lipinski definition) is 1. The van der Waals surface area contributed by atoms with Crippen LogP contribution in [0.5, 0.6) is 5.75 Å². The summed E-state index contributed by atoms with van der Waals surface area (Å²) in [6, 6.07) is 8.40. The van der Waals surface area contributed by atoms with Crippen molar-refractivity contribution in [1.82, 2.24) is 14.5 Å². The number of phenolic OH excluding ortho intramolecular Hbond substituents is 1. The van der Waals surface area contributed by atoms with E-state index in [2.05, 4.69) is 9.88 Å². The van der Waals surface area contributed by atoms with E-state index >= 15 is 0 Å². The third kappa shape index (κ3) is 3.19. The second kappa shape index (κ2) is 6.38. The maximum Gasteiger partial charge on any atom is 0.147 e. The lowest BCUT2D eigenvalue weighted by Crippen LogP contribution is -2.14. The van der Waals surface area contributed by atoms with Gasteiger partial charge in [-0.15, -0.1) is 0 Å². The second-order valence-corrected chi connectivity index (χ2v) is 5.95. The molecule has 0 amide bonds. The number of fused-ring (bicyclic) bond motifs is 1. The summed E-state index contributed by atoms with van der Waals surface area (Å²) in [5, 5.41) is 10.8. The minimum absolute atomic E-state index is 0.120. The minimum Gasteiger partial charge on any atom is -0.507 e. The molecule has 0 unspecified atom stereocenters. The van der Waals surface area contributed by atoms with Crippen LogP contribution in [0.15, 0.2) is 42.7 Å². The topological polar surface area (TPSA) is 41.3 Å². The van der Waals surface area contributed by atoms with E-state index in [1.165, 1.54) is 12.1 Å². The molecule has 120 valence electrons. The van der Waals surface area contributed by atoms with E-state index < -0.39 is 0 Å². The Hall–Kier alpha value is -2.40. The first-order valence-electron chi connectivity index (χ1n) is 7.60.